The number of carbonyl (C=O) groups is 1. The average molecular weight is 323 g/mol. The minimum atomic E-state index is 0.0764. The third kappa shape index (κ3) is 5.60. The van der Waals surface area contributed by atoms with Gasteiger partial charge in [0, 0.05) is 19.0 Å². The average Bonchev–Trinajstić information content (AvgIpc) is 2.38. The number of alkyl halides is 1. The molecule has 0 bridgehead atoms. The topological polar surface area (TPSA) is 20.3 Å². The second kappa shape index (κ2) is 8.68. The summed E-state index contributed by atoms with van der Waals surface area (Å²) >= 11 is 17.5. The molecule has 0 aliphatic carbocycles. The van der Waals surface area contributed by atoms with E-state index in [9.17, 15) is 4.79 Å². The zero-order chi connectivity index (χ0) is 14.3. The van der Waals surface area contributed by atoms with Crippen molar-refractivity contribution in [2.45, 2.75) is 26.2 Å². The van der Waals surface area contributed by atoms with Gasteiger partial charge >= 0.3 is 0 Å². The number of benzene rings is 1. The molecule has 0 radical (unpaired) electrons. The first-order chi connectivity index (χ1) is 9.08. The number of unbranched alkanes of at least 4 members (excludes halogenated alkanes) is 1. The fourth-order valence-corrected chi connectivity index (χ4v) is 2.27. The number of hydrogen-bond acceptors (Lipinski definition) is 1. The Morgan fingerprint density at radius 3 is 2.53 bits per heavy atom. The van der Waals surface area contributed by atoms with Gasteiger partial charge in [-0.05, 0) is 24.1 Å². The van der Waals surface area contributed by atoms with Crippen LogP contribution in [0.5, 0.6) is 0 Å². The molecule has 0 unspecified atom stereocenters. The minimum absolute atomic E-state index is 0.0764. The van der Waals surface area contributed by atoms with E-state index in [2.05, 4.69) is 6.92 Å². The Morgan fingerprint density at radius 1 is 1.21 bits per heavy atom. The van der Waals surface area contributed by atoms with Crippen molar-refractivity contribution in [3.8, 4) is 0 Å². The molecule has 0 saturated carbocycles. The first-order valence-electron chi connectivity index (χ1n) is 6.36. The molecule has 0 atom stereocenters. The van der Waals surface area contributed by atoms with Crippen molar-refractivity contribution < 1.29 is 4.79 Å². The summed E-state index contributed by atoms with van der Waals surface area (Å²) in [7, 11) is 0. The first kappa shape index (κ1) is 16.6. The highest BCUT2D eigenvalue weighted by molar-refractivity contribution is 6.42. The van der Waals surface area contributed by atoms with Gasteiger partial charge in [-0.15, -0.1) is 11.6 Å². The number of carbonyl (C=O) groups excluding carboxylic acids is 1. The van der Waals surface area contributed by atoms with Crippen molar-refractivity contribution in [2.75, 3.05) is 19.0 Å². The van der Waals surface area contributed by atoms with Gasteiger partial charge in [-0.1, -0.05) is 42.6 Å². The molecular formula is C14H18Cl3NO. The molecule has 2 nitrogen and oxygen atoms in total. The monoisotopic (exact) mass is 321 g/mol. The quantitative estimate of drug-likeness (QED) is 0.681. The van der Waals surface area contributed by atoms with Crippen LogP contribution >= 0.6 is 34.8 Å². The van der Waals surface area contributed by atoms with Gasteiger partial charge in [0.1, 0.15) is 0 Å². The molecule has 1 rings (SSSR count). The van der Waals surface area contributed by atoms with Crippen molar-refractivity contribution in [1.29, 1.82) is 0 Å². The molecule has 0 N–H and O–H groups in total. The number of halogens is 3. The highest BCUT2D eigenvalue weighted by Crippen LogP contribution is 2.23. The lowest BCUT2D eigenvalue weighted by Crippen LogP contribution is -2.34. The summed E-state index contributed by atoms with van der Waals surface area (Å²) in [6.07, 6.45) is 2.38. The smallest absolute Gasteiger partial charge is 0.227 e. The fraction of sp³-hybridized carbons (Fsp3) is 0.500. The summed E-state index contributed by atoms with van der Waals surface area (Å²) in [6.45, 7) is 3.44. The molecule has 0 saturated heterocycles. The van der Waals surface area contributed by atoms with Gasteiger partial charge in [0.2, 0.25) is 5.91 Å². The van der Waals surface area contributed by atoms with Crippen molar-refractivity contribution in [3.63, 3.8) is 0 Å². The van der Waals surface area contributed by atoms with E-state index >= 15 is 0 Å². The molecule has 1 aromatic carbocycles. The van der Waals surface area contributed by atoms with Crippen LogP contribution in [0.25, 0.3) is 0 Å². The van der Waals surface area contributed by atoms with E-state index in [1.807, 2.05) is 6.07 Å². The standard InChI is InChI=1S/C14H18Cl3NO/c1-2-3-7-18(8-6-15)14(19)10-11-4-5-12(16)13(17)9-11/h4-5,9H,2-3,6-8,10H2,1H3. The third-order valence-corrected chi connectivity index (χ3v) is 3.74. The van der Waals surface area contributed by atoms with Gasteiger partial charge in [-0.2, -0.15) is 0 Å². The van der Waals surface area contributed by atoms with E-state index in [1.165, 1.54) is 0 Å². The fourth-order valence-electron chi connectivity index (χ4n) is 1.75. The number of amides is 1. The van der Waals surface area contributed by atoms with Gasteiger partial charge in [0.05, 0.1) is 16.5 Å². The maximum absolute atomic E-state index is 12.2. The first-order valence-corrected chi connectivity index (χ1v) is 7.65. The summed E-state index contributed by atoms with van der Waals surface area (Å²) in [5.41, 5.74) is 0.871. The van der Waals surface area contributed by atoms with E-state index in [-0.39, 0.29) is 5.91 Å². The Labute approximate surface area is 129 Å². The molecule has 5 heteroatoms. The molecule has 0 aromatic heterocycles. The lowest BCUT2D eigenvalue weighted by atomic mass is 10.1. The predicted octanol–water partition coefficient (Wildman–Crippen LogP) is 4.40. The third-order valence-electron chi connectivity index (χ3n) is 2.83. The predicted molar refractivity (Wildman–Crippen MR) is 82.4 cm³/mol. The second-order valence-corrected chi connectivity index (χ2v) is 5.54. The zero-order valence-electron chi connectivity index (χ0n) is 11.0. The van der Waals surface area contributed by atoms with Gasteiger partial charge in [0.15, 0.2) is 0 Å². The summed E-state index contributed by atoms with van der Waals surface area (Å²) in [5, 5.41) is 0.978. The molecule has 19 heavy (non-hydrogen) atoms. The highest BCUT2D eigenvalue weighted by atomic mass is 35.5. The van der Waals surface area contributed by atoms with Crippen LogP contribution < -0.4 is 0 Å². The Hall–Kier alpha value is -0.440. The Morgan fingerprint density at radius 2 is 1.95 bits per heavy atom. The number of hydrogen-bond donors (Lipinski definition) is 0. The van der Waals surface area contributed by atoms with E-state index < -0.39 is 0 Å². The van der Waals surface area contributed by atoms with Crippen LogP contribution in [0.15, 0.2) is 18.2 Å². The van der Waals surface area contributed by atoms with Crippen LogP contribution in [0.1, 0.15) is 25.3 Å². The Bertz CT molecular complexity index is 423. The second-order valence-electron chi connectivity index (χ2n) is 4.35. The maximum Gasteiger partial charge on any atom is 0.227 e. The van der Waals surface area contributed by atoms with Gasteiger partial charge in [-0.25, -0.2) is 0 Å². The Kier molecular flexibility index (Phi) is 7.59. The molecule has 1 aromatic rings. The lowest BCUT2D eigenvalue weighted by molar-refractivity contribution is -0.130. The number of nitrogens with zero attached hydrogens (tertiary/aromatic N) is 1. The van der Waals surface area contributed by atoms with Crippen LogP contribution in [0, 0.1) is 0 Å². The van der Waals surface area contributed by atoms with E-state index in [4.69, 9.17) is 34.8 Å². The Balaban J connectivity index is 2.66. The van der Waals surface area contributed by atoms with Crippen LogP contribution in [0.4, 0.5) is 0 Å². The summed E-state index contributed by atoms with van der Waals surface area (Å²) < 4.78 is 0. The summed E-state index contributed by atoms with van der Waals surface area (Å²) in [4.78, 5) is 14.0. The van der Waals surface area contributed by atoms with E-state index in [0.717, 1.165) is 24.9 Å². The van der Waals surface area contributed by atoms with Gasteiger partial charge in [0.25, 0.3) is 0 Å². The molecule has 1 amide bonds. The van der Waals surface area contributed by atoms with Crippen molar-refractivity contribution in [2.24, 2.45) is 0 Å². The molecule has 0 heterocycles. The zero-order valence-corrected chi connectivity index (χ0v) is 13.2. The van der Waals surface area contributed by atoms with Crippen molar-refractivity contribution in [1.82, 2.24) is 4.90 Å². The molecule has 0 spiro atoms. The molecule has 106 valence electrons. The van der Waals surface area contributed by atoms with E-state index in [0.29, 0.717) is 28.9 Å². The largest absolute Gasteiger partial charge is 0.341 e. The maximum atomic E-state index is 12.2. The summed E-state index contributed by atoms with van der Waals surface area (Å²) in [6, 6.07) is 5.27. The van der Waals surface area contributed by atoms with E-state index in [1.54, 1.807) is 17.0 Å². The van der Waals surface area contributed by atoms with Crippen molar-refractivity contribution >= 4 is 40.7 Å². The highest BCUT2D eigenvalue weighted by Gasteiger charge is 2.13. The molecule has 0 fully saturated rings. The summed E-state index contributed by atoms with van der Waals surface area (Å²) in [5.74, 6) is 0.532. The van der Waals surface area contributed by atoms with Gasteiger partial charge < -0.3 is 4.90 Å². The molecule has 0 aliphatic heterocycles. The van der Waals surface area contributed by atoms with Crippen LogP contribution in [-0.2, 0) is 11.2 Å². The lowest BCUT2D eigenvalue weighted by Gasteiger charge is -2.21. The molecule has 0 aliphatic rings. The van der Waals surface area contributed by atoms with Crippen LogP contribution in [-0.4, -0.2) is 29.8 Å². The molecular weight excluding hydrogens is 305 g/mol. The number of rotatable bonds is 7. The van der Waals surface area contributed by atoms with Crippen LogP contribution in [0.2, 0.25) is 10.0 Å². The van der Waals surface area contributed by atoms with Gasteiger partial charge in [-0.3, -0.25) is 4.79 Å². The normalized spacial score (nSPS) is 10.5. The SMILES string of the molecule is CCCCN(CCCl)C(=O)Cc1ccc(Cl)c(Cl)c1. The van der Waals surface area contributed by atoms with Crippen molar-refractivity contribution in [3.05, 3.63) is 33.8 Å². The minimum Gasteiger partial charge on any atom is -0.341 e. The van der Waals surface area contributed by atoms with Crippen LogP contribution in [0.3, 0.4) is 0 Å².